The Kier molecular flexibility index (Phi) is 13.6. The molecule has 0 rings (SSSR count). The van der Waals surface area contributed by atoms with Gasteiger partial charge in [-0.2, -0.15) is 0 Å². The molecule has 0 fully saturated rings. The first-order valence-corrected chi connectivity index (χ1v) is 7.60. The Labute approximate surface area is 120 Å². The number of aliphatic hydroxyl groups excluding tert-OH is 1. The normalized spacial score (nSPS) is 10.9. The molecular formula is C16H35NO2. The summed E-state index contributed by atoms with van der Waals surface area (Å²) < 4.78 is 0. The quantitative estimate of drug-likeness (QED) is 0.694. The molecule has 0 aromatic rings. The Morgan fingerprint density at radius 2 is 1.74 bits per heavy atom. The van der Waals surface area contributed by atoms with Crippen molar-refractivity contribution in [3.05, 3.63) is 0 Å². The molecule has 0 radical (unpaired) electrons. The fourth-order valence-electron chi connectivity index (χ4n) is 1.11. The van der Waals surface area contributed by atoms with Crippen molar-refractivity contribution in [2.24, 2.45) is 11.3 Å². The molecule has 0 saturated carbocycles. The van der Waals surface area contributed by atoms with Gasteiger partial charge in [0, 0.05) is 19.6 Å². The van der Waals surface area contributed by atoms with Crippen LogP contribution in [0.25, 0.3) is 0 Å². The average Bonchev–Trinajstić information content (AvgIpc) is 2.32. The fraction of sp³-hybridized carbons (Fsp3) is 0.938. The largest absolute Gasteiger partial charge is 0.396 e. The molecule has 0 aliphatic carbocycles. The van der Waals surface area contributed by atoms with Crippen molar-refractivity contribution in [3.8, 4) is 0 Å². The van der Waals surface area contributed by atoms with E-state index in [2.05, 4.69) is 26.1 Å². The zero-order chi connectivity index (χ0) is 15.3. The fourth-order valence-corrected chi connectivity index (χ4v) is 1.11. The van der Waals surface area contributed by atoms with E-state index in [0.717, 1.165) is 19.4 Å². The predicted molar refractivity (Wildman–Crippen MR) is 83.1 cm³/mol. The zero-order valence-electron chi connectivity index (χ0n) is 13.9. The lowest BCUT2D eigenvalue weighted by atomic mass is 9.99. The van der Waals surface area contributed by atoms with Crippen LogP contribution in [0, 0.1) is 11.3 Å². The Balaban J connectivity index is 0. The third-order valence-corrected chi connectivity index (χ3v) is 2.53. The van der Waals surface area contributed by atoms with Gasteiger partial charge in [0.25, 0.3) is 0 Å². The molecule has 0 spiro atoms. The van der Waals surface area contributed by atoms with Gasteiger partial charge in [0.1, 0.15) is 0 Å². The van der Waals surface area contributed by atoms with Crippen LogP contribution in [0.1, 0.15) is 73.6 Å². The van der Waals surface area contributed by atoms with Crippen LogP contribution in [0.5, 0.6) is 0 Å². The average molecular weight is 273 g/mol. The number of rotatable bonds is 7. The highest BCUT2D eigenvalue weighted by Gasteiger charge is 2.05. The summed E-state index contributed by atoms with van der Waals surface area (Å²) in [7, 11) is 0. The molecule has 3 nitrogen and oxygen atoms in total. The van der Waals surface area contributed by atoms with Gasteiger partial charge in [0.2, 0.25) is 5.91 Å². The van der Waals surface area contributed by atoms with Crippen molar-refractivity contribution in [2.45, 2.75) is 73.6 Å². The van der Waals surface area contributed by atoms with E-state index in [1.807, 2.05) is 20.8 Å². The Hall–Kier alpha value is -0.570. The second kappa shape index (κ2) is 12.5. The van der Waals surface area contributed by atoms with E-state index in [9.17, 15) is 4.79 Å². The van der Waals surface area contributed by atoms with Crippen molar-refractivity contribution in [1.82, 2.24) is 5.32 Å². The number of hydrogen-bond donors (Lipinski definition) is 2. The summed E-state index contributed by atoms with van der Waals surface area (Å²) in [6, 6.07) is 0. The SMILES string of the molecule is CC(C)(C)CO.CCCCCNC(=O)CCC(C)C. The van der Waals surface area contributed by atoms with Crippen LogP contribution < -0.4 is 5.32 Å². The second-order valence-corrected chi connectivity index (χ2v) is 6.71. The summed E-state index contributed by atoms with van der Waals surface area (Å²) in [4.78, 5) is 11.2. The highest BCUT2D eigenvalue weighted by molar-refractivity contribution is 5.75. The lowest BCUT2D eigenvalue weighted by Gasteiger charge is -2.11. The van der Waals surface area contributed by atoms with Crippen LogP contribution in [0.15, 0.2) is 0 Å². The maximum atomic E-state index is 11.2. The lowest BCUT2D eigenvalue weighted by Crippen LogP contribution is -2.24. The molecule has 0 aromatic heterocycles. The van der Waals surface area contributed by atoms with Crippen molar-refractivity contribution in [2.75, 3.05) is 13.2 Å². The number of amides is 1. The molecule has 0 aliphatic rings. The van der Waals surface area contributed by atoms with E-state index in [1.54, 1.807) is 0 Å². The first-order chi connectivity index (χ1) is 8.72. The van der Waals surface area contributed by atoms with Crippen LogP contribution in [-0.2, 0) is 4.79 Å². The van der Waals surface area contributed by atoms with Gasteiger partial charge in [-0.3, -0.25) is 4.79 Å². The summed E-state index contributed by atoms with van der Waals surface area (Å²) in [5, 5.41) is 11.3. The topological polar surface area (TPSA) is 49.3 Å². The molecule has 0 bridgehead atoms. The molecule has 0 saturated heterocycles. The Morgan fingerprint density at radius 3 is 2.11 bits per heavy atom. The van der Waals surface area contributed by atoms with Crippen LogP contribution in [0.2, 0.25) is 0 Å². The van der Waals surface area contributed by atoms with E-state index in [1.165, 1.54) is 12.8 Å². The maximum Gasteiger partial charge on any atom is 0.220 e. The minimum absolute atomic E-state index is 0.0972. The van der Waals surface area contributed by atoms with Gasteiger partial charge in [-0.05, 0) is 24.2 Å². The number of carbonyl (C=O) groups is 1. The summed E-state index contributed by atoms with van der Waals surface area (Å²) in [5.74, 6) is 0.839. The Morgan fingerprint density at radius 1 is 1.21 bits per heavy atom. The summed E-state index contributed by atoms with van der Waals surface area (Å²) in [6.45, 7) is 13.6. The van der Waals surface area contributed by atoms with E-state index in [0.29, 0.717) is 12.3 Å². The summed E-state index contributed by atoms with van der Waals surface area (Å²) >= 11 is 0. The highest BCUT2D eigenvalue weighted by atomic mass is 16.3. The molecule has 0 heterocycles. The number of aliphatic hydroxyl groups is 1. The van der Waals surface area contributed by atoms with Crippen molar-refractivity contribution >= 4 is 5.91 Å². The monoisotopic (exact) mass is 273 g/mol. The molecular weight excluding hydrogens is 238 g/mol. The van der Waals surface area contributed by atoms with Gasteiger partial charge in [-0.15, -0.1) is 0 Å². The van der Waals surface area contributed by atoms with Gasteiger partial charge in [-0.1, -0.05) is 54.4 Å². The lowest BCUT2D eigenvalue weighted by molar-refractivity contribution is -0.121. The first kappa shape index (κ1) is 20.7. The first-order valence-electron chi connectivity index (χ1n) is 7.60. The number of hydrogen-bond acceptors (Lipinski definition) is 2. The molecule has 3 heteroatoms. The second-order valence-electron chi connectivity index (χ2n) is 6.71. The maximum absolute atomic E-state index is 11.2. The molecule has 2 N–H and O–H groups in total. The van der Waals surface area contributed by atoms with Crippen LogP contribution in [0.4, 0.5) is 0 Å². The molecule has 0 aliphatic heterocycles. The van der Waals surface area contributed by atoms with Crippen molar-refractivity contribution in [3.63, 3.8) is 0 Å². The van der Waals surface area contributed by atoms with Gasteiger partial charge < -0.3 is 10.4 Å². The predicted octanol–water partition coefficient (Wildman–Crippen LogP) is 3.75. The third kappa shape index (κ3) is 23.0. The van der Waals surface area contributed by atoms with E-state index >= 15 is 0 Å². The summed E-state index contributed by atoms with van der Waals surface area (Å²) in [5.41, 5.74) is 0.0972. The van der Waals surface area contributed by atoms with Crippen molar-refractivity contribution in [1.29, 1.82) is 0 Å². The van der Waals surface area contributed by atoms with Gasteiger partial charge in [0.05, 0.1) is 0 Å². The van der Waals surface area contributed by atoms with E-state index in [4.69, 9.17) is 5.11 Å². The van der Waals surface area contributed by atoms with Crippen molar-refractivity contribution < 1.29 is 9.90 Å². The smallest absolute Gasteiger partial charge is 0.220 e. The number of unbranched alkanes of at least 4 members (excludes halogenated alkanes) is 2. The van der Waals surface area contributed by atoms with E-state index in [-0.39, 0.29) is 17.9 Å². The molecule has 0 atom stereocenters. The third-order valence-electron chi connectivity index (χ3n) is 2.53. The zero-order valence-corrected chi connectivity index (χ0v) is 13.9. The van der Waals surface area contributed by atoms with E-state index < -0.39 is 0 Å². The van der Waals surface area contributed by atoms with Gasteiger partial charge in [0.15, 0.2) is 0 Å². The number of carbonyl (C=O) groups excluding carboxylic acids is 1. The minimum atomic E-state index is 0.0972. The molecule has 19 heavy (non-hydrogen) atoms. The Bertz CT molecular complexity index is 207. The van der Waals surface area contributed by atoms with Gasteiger partial charge >= 0.3 is 0 Å². The standard InChI is InChI=1S/C11H23NO.C5H12O/c1-4-5-6-9-12-11(13)8-7-10(2)3;1-5(2,3)4-6/h10H,4-9H2,1-3H3,(H,12,13);6H,4H2,1-3H3. The highest BCUT2D eigenvalue weighted by Crippen LogP contribution is 2.09. The molecule has 1 amide bonds. The summed E-state index contributed by atoms with van der Waals surface area (Å²) in [6.07, 6.45) is 5.22. The van der Waals surface area contributed by atoms with Crippen LogP contribution >= 0.6 is 0 Å². The number of nitrogens with one attached hydrogen (secondary N) is 1. The molecule has 0 aromatic carbocycles. The molecule has 0 unspecified atom stereocenters. The minimum Gasteiger partial charge on any atom is -0.396 e. The van der Waals surface area contributed by atoms with Crippen LogP contribution in [-0.4, -0.2) is 24.2 Å². The van der Waals surface area contributed by atoms with Crippen LogP contribution in [0.3, 0.4) is 0 Å². The molecule has 116 valence electrons. The van der Waals surface area contributed by atoms with Gasteiger partial charge in [-0.25, -0.2) is 0 Å².